The summed E-state index contributed by atoms with van der Waals surface area (Å²) in [5, 5.41) is 0. The van der Waals surface area contributed by atoms with E-state index in [9.17, 15) is 0 Å². The van der Waals surface area contributed by atoms with Gasteiger partial charge in [-0.2, -0.15) is 0 Å². The lowest BCUT2D eigenvalue weighted by Gasteiger charge is -2.57. The van der Waals surface area contributed by atoms with Crippen LogP contribution in [0.5, 0.6) is 0 Å². The van der Waals surface area contributed by atoms with Gasteiger partial charge in [-0.1, -0.05) is 65.7 Å². The Bertz CT molecular complexity index is 2060. The van der Waals surface area contributed by atoms with Crippen molar-refractivity contribution in [1.29, 1.82) is 0 Å². The fourth-order valence-electron chi connectivity index (χ4n) is 20.7. The van der Waals surface area contributed by atoms with E-state index in [2.05, 4.69) is 213 Å². The summed E-state index contributed by atoms with van der Waals surface area (Å²) in [5.74, 6) is 7.13. The third-order valence-electron chi connectivity index (χ3n) is 29.0. The lowest BCUT2D eigenvalue weighted by atomic mass is 9.63. The molecule has 101 heavy (non-hydrogen) atoms. The summed E-state index contributed by atoms with van der Waals surface area (Å²) in [6, 6.07) is 8.58. The Balaban J connectivity index is 0.000000158. The number of likely N-dealkylation sites (tertiary alicyclic amines) is 9. The number of rotatable bonds is 10. The van der Waals surface area contributed by atoms with Gasteiger partial charge in [0.2, 0.25) is 0 Å². The summed E-state index contributed by atoms with van der Waals surface area (Å²) in [4.78, 5) is 28.5. The van der Waals surface area contributed by atoms with E-state index in [0.717, 1.165) is 124 Å². The van der Waals surface area contributed by atoms with E-state index in [1.807, 2.05) is 0 Å². The predicted molar refractivity (Wildman–Crippen MR) is 442 cm³/mol. The summed E-state index contributed by atoms with van der Waals surface area (Å²) in [5.41, 5.74) is 2.42. The molecular formula is C90H179N11. The molecule has 0 radical (unpaired) electrons. The first-order chi connectivity index (χ1) is 47.9. The van der Waals surface area contributed by atoms with Gasteiger partial charge in [-0.25, -0.2) is 0 Å². The molecule has 2 bridgehead atoms. The number of piperazine rings is 1. The van der Waals surface area contributed by atoms with Crippen LogP contribution < -0.4 is 0 Å². The quantitative estimate of drug-likeness (QED) is 0.210. The molecule has 0 aromatic heterocycles. The standard InChI is InChI=1S/C11H21N.2C10H19N.C9H18N2.2C9H17N.C9H19N.2C8H17N.C7H15N/c1-10(2)12-8-7-11(9-12)5-3-4-6-11;2*1-8(2)11-6-9-4-3-5-10(9)7-11;1-8(2)11-6-5-10-4-3-9(11)7-10;2*1-8(2)10-6-9(7-10)4-3-5-9;1-8(2)10-6-4-9(3)5-7-10;1-7(2)9-5-4-8(3)6-9;1-8(2)9-6-4-3-5-7-9;1-6(2)8-4-7(3)5-8/h10H,3-9H2,1-2H3;2*8-10H,3-7H2,1-2H3;8-9H,3-7H2,1-2H3;2*8H,3-7H2,1-2H3;8-9H,4-7H2,1-3H3;7-8H,4-6H2,1-3H3;8H,3-7H2,1-2H3;6-7H,4-5H2,1-3H3. The van der Waals surface area contributed by atoms with Crippen LogP contribution >= 0.6 is 0 Å². The fraction of sp³-hybridized carbons (Fsp3) is 1.00. The highest BCUT2D eigenvalue weighted by Gasteiger charge is 2.49. The molecule has 5 aliphatic carbocycles. The summed E-state index contributed by atoms with van der Waals surface area (Å²) in [6.07, 6.45) is 35.4. The monoisotopic (exact) mass is 1410 g/mol. The first-order valence-corrected chi connectivity index (χ1v) is 45.0. The van der Waals surface area contributed by atoms with Gasteiger partial charge in [0.15, 0.2) is 0 Å². The molecule has 11 aliphatic heterocycles. The van der Waals surface area contributed by atoms with Crippen LogP contribution in [0.4, 0.5) is 0 Å². The maximum absolute atomic E-state index is 2.66. The molecule has 0 N–H and O–H groups in total. The van der Waals surface area contributed by atoms with Crippen LogP contribution in [0.3, 0.4) is 0 Å². The van der Waals surface area contributed by atoms with Gasteiger partial charge in [-0.05, 0) is 351 Å². The Morgan fingerprint density at radius 1 is 0.218 bits per heavy atom. The molecule has 7 unspecified atom stereocenters. The lowest BCUT2D eigenvalue weighted by molar-refractivity contribution is -0.0758. The van der Waals surface area contributed by atoms with Crippen LogP contribution in [0.1, 0.15) is 313 Å². The second-order valence-electron chi connectivity index (χ2n) is 40.4. The van der Waals surface area contributed by atoms with Crippen LogP contribution in [0.15, 0.2) is 0 Å². The van der Waals surface area contributed by atoms with E-state index < -0.39 is 0 Å². The third-order valence-corrected chi connectivity index (χ3v) is 29.0. The molecule has 3 spiro atoms. The van der Waals surface area contributed by atoms with Crippen molar-refractivity contribution in [2.24, 2.45) is 57.7 Å². The molecule has 11 saturated heterocycles. The number of hydrogen-bond acceptors (Lipinski definition) is 11. The zero-order chi connectivity index (χ0) is 73.8. The highest BCUT2D eigenvalue weighted by Crippen LogP contribution is 2.50. The maximum atomic E-state index is 2.66. The summed E-state index contributed by atoms with van der Waals surface area (Å²) in [6.45, 7) is 82.7. The zero-order valence-electron chi connectivity index (χ0n) is 72.3. The lowest BCUT2D eigenvalue weighted by Crippen LogP contribution is -2.61. The van der Waals surface area contributed by atoms with Gasteiger partial charge in [0.25, 0.3) is 0 Å². The molecule has 16 fully saturated rings. The van der Waals surface area contributed by atoms with Gasteiger partial charge < -0.3 is 39.2 Å². The number of fused-ring (bicyclic) bond motifs is 4. The molecule has 11 heteroatoms. The molecule has 16 aliphatic rings. The minimum atomic E-state index is 0.750. The van der Waals surface area contributed by atoms with Crippen molar-refractivity contribution in [3.8, 4) is 0 Å². The zero-order valence-corrected chi connectivity index (χ0v) is 72.3. The van der Waals surface area contributed by atoms with Crippen LogP contribution in [-0.2, 0) is 0 Å². The molecule has 0 aromatic rings. The van der Waals surface area contributed by atoms with Crippen molar-refractivity contribution in [1.82, 2.24) is 53.9 Å². The highest BCUT2D eigenvalue weighted by atomic mass is 15.3. The van der Waals surface area contributed by atoms with Gasteiger partial charge in [0.1, 0.15) is 0 Å². The summed E-state index contributed by atoms with van der Waals surface area (Å²) < 4.78 is 0. The average Bonchev–Trinajstić information content (AvgIpc) is 1.74. The smallest absolute Gasteiger partial charge is 0.0238 e. The largest absolute Gasteiger partial charge is 0.301 e. The maximum Gasteiger partial charge on any atom is 0.0238 e. The van der Waals surface area contributed by atoms with Crippen molar-refractivity contribution < 1.29 is 0 Å². The third kappa shape index (κ3) is 27.8. The van der Waals surface area contributed by atoms with E-state index in [4.69, 9.17) is 0 Å². The number of hydrogen-bond donors (Lipinski definition) is 0. The Kier molecular flexibility index (Phi) is 37.1. The van der Waals surface area contributed by atoms with Gasteiger partial charge in [-0.15, -0.1) is 0 Å². The predicted octanol–water partition coefficient (Wildman–Crippen LogP) is 18.6. The topological polar surface area (TPSA) is 35.6 Å². The van der Waals surface area contributed by atoms with E-state index in [1.54, 1.807) is 0 Å². The Morgan fingerprint density at radius 2 is 0.574 bits per heavy atom. The van der Waals surface area contributed by atoms with Crippen LogP contribution in [0, 0.1) is 57.7 Å². The molecule has 7 atom stereocenters. The van der Waals surface area contributed by atoms with Crippen molar-refractivity contribution >= 4 is 0 Å². The number of nitrogens with zero attached hydrogens (tertiary/aromatic N) is 11. The van der Waals surface area contributed by atoms with Crippen molar-refractivity contribution in [3.05, 3.63) is 0 Å². The highest BCUT2D eigenvalue weighted by molar-refractivity contribution is 5.02. The first kappa shape index (κ1) is 87.8. The molecule has 0 aromatic carbocycles. The van der Waals surface area contributed by atoms with E-state index >= 15 is 0 Å². The van der Waals surface area contributed by atoms with Gasteiger partial charge in [-0.3, -0.25) is 14.7 Å². The minimum Gasteiger partial charge on any atom is -0.301 e. The Labute approximate surface area is 632 Å². The van der Waals surface area contributed by atoms with Crippen molar-refractivity contribution in [3.63, 3.8) is 0 Å². The van der Waals surface area contributed by atoms with E-state index in [-0.39, 0.29) is 0 Å². The van der Waals surface area contributed by atoms with Crippen LogP contribution in [-0.4, -0.2) is 264 Å². The summed E-state index contributed by atoms with van der Waals surface area (Å²) in [7, 11) is 0. The van der Waals surface area contributed by atoms with Crippen LogP contribution in [0.25, 0.3) is 0 Å². The van der Waals surface area contributed by atoms with Gasteiger partial charge in [0.05, 0.1) is 0 Å². The van der Waals surface area contributed by atoms with Crippen molar-refractivity contribution in [2.75, 3.05) is 144 Å². The summed E-state index contributed by atoms with van der Waals surface area (Å²) >= 11 is 0. The molecule has 11 heterocycles. The fourth-order valence-corrected chi connectivity index (χ4v) is 20.7. The Hall–Kier alpha value is -0.440. The van der Waals surface area contributed by atoms with Gasteiger partial charge in [0, 0.05) is 165 Å². The molecule has 0 amide bonds. The molecule has 16 rings (SSSR count). The van der Waals surface area contributed by atoms with E-state index in [1.165, 1.54) is 298 Å². The minimum absolute atomic E-state index is 0.750. The van der Waals surface area contributed by atoms with E-state index in [0.29, 0.717) is 0 Å². The molecule has 5 saturated carbocycles. The van der Waals surface area contributed by atoms with Crippen LogP contribution in [0.2, 0.25) is 0 Å². The number of piperidine rings is 2. The van der Waals surface area contributed by atoms with Gasteiger partial charge >= 0.3 is 0 Å². The normalized spacial score (nSPS) is 31.0. The average molecular weight is 1420 g/mol. The first-order valence-electron chi connectivity index (χ1n) is 45.0. The SMILES string of the molecule is CC(C)N1CC2(CCC2)C1.CC(C)N1CC2(CCC2)C1.CC(C)N1CC2CCCC2C1.CC(C)N1CC2CCCC2C1.CC(C)N1CCC2(CCCC2)C1.CC(C)N1CCCCC1.CC(C)N1CCN2CCC1C2.CC1CCN(C(C)C)C1.CC1CCN(C(C)C)CC1.CC1CN(C(C)C)C1. The Morgan fingerprint density at radius 3 is 0.891 bits per heavy atom. The molecule has 594 valence electrons. The molecular weight excluding hydrogens is 1240 g/mol. The van der Waals surface area contributed by atoms with Crippen molar-refractivity contribution in [2.45, 2.75) is 380 Å². The second-order valence-corrected chi connectivity index (χ2v) is 40.4. The second kappa shape index (κ2) is 42.7. The molecule has 11 nitrogen and oxygen atoms in total.